The molecule has 1 N–H and O–H groups in total. The maximum atomic E-state index is 4.99. The van der Waals surface area contributed by atoms with Crippen LogP contribution >= 0.6 is 0 Å². The highest BCUT2D eigenvalue weighted by molar-refractivity contribution is 4.95. The van der Waals surface area contributed by atoms with Crippen LogP contribution < -0.4 is 5.32 Å². The second-order valence-electron chi connectivity index (χ2n) is 4.55. The zero-order valence-corrected chi connectivity index (χ0v) is 8.59. The third-order valence-corrected chi connectivity index (χ3v) is 3.62. The number of nitrogens with one attached hydrogen (secondary N) is 1. The van der Waals surface area contributed by atoms with Crippen LogP contribution in [-0.4, -0.2) is 26.8 Å². The molecule has 0 bridgehead atoms. The Balaban J connectivity index is 1.48. The maximum Gasteiger partial charge on any atom is 0.0587 e. The number of hydrogen-bond acceptors (Lipinski definition) is 2. The van der Waals surface area contributed by atoms with Crippen molar-refractivity contribution in [2.24, 2.45) is 17.8 Å². The van der Waals surface area contributed by atoms with Crippen molar-refractivity contribution in [2.75, 3.05) is 26.8 Å². The van der Waals surface area contributed by atoms with Crippen molar-refractivity contribution >= 4 is 0 Å². The van der Waals surface area contributed by atoms with Crippen molar-refractivity contribution in [1.29, 1.82) is 0 Å². The smallest absolute Gasteiger partial charge is 0.0587 e. The molecular formula is C11H21NO. The van der Waals surface area contributed by atoms with Crippen LogP contribution in [0.25, 0.3) is 0 Å². The molecule has 76 valence electrons. The summed E-state index contributed by atoms with van der Waals surface area (Å²) >= 11 is 0. The first kappa shape index (κ1) is 9.47. The van der Waals surface area contributed by atoms with E-state index in [-0.39, 0.29) is 0 Å². The summed E-state index contributed by atoms with van der Waals surface area (Å²) in [7, 11) is 1.76. The quantitative estimate of drug-likeness (QED) is 0.632. The second-order valence-corrected chi connectivity index (χ2v) is 4.55. The van der Waals surface area contributed by atoms with Crippen molar-refractivity contribution < 1.29 is 4.74 Å². The Kier molecular flexibility index (Phi) is 3.23. The predicted octanol–water partition coefficient (Wildman–Crippen LogP) is 1.66. The molecule has 0 heterocycles. The van der Waals surface area contributed by atoms with Crippen LogP contribution in [0.4, 0.5) is 0 Å². The van der Waals surface area contributed by atoms with Gasteiger partial charge in [0.1, 0.15) is 0 Å². The van der Waals surface area contributed by atoms with Crippen molar-refractivity contribution in [3.63, 3.8) is 0 Å². The van der Waals surface area contributed by atoms with Crippen molar-refractivity contribution in [3.05, 3.63) is 0 Å². The summed E-state index contributed by atoms with van der Waals surface area (Å²) in [4.78, 5) is 0. The van der Waals surface area contributed by atoms with Gasteiger partial charge in [0.25, 0.3) is 0 Å². The third kappa shape index (κ3) is 2.44. The average Bonchev–Trinajstić information content (AvgIpc) is 2.75. The molecule has 0 aliphatic heterocycles. The molecule has 0 amide bonds. The van der Waals surface area contributed by atoms with E-state index in [2.05, 4.69) is 5.32 Å². The average molecular weight is 183 g/mol. The van der Waals surface area contributed by atoms with E-state index in [0.29, 0.717) is 0 Å². The van der Waals surface area contributed by atoms with Crippen molar-refractivity contribution in [1.82, 2.24) is 5.32 Å². The molecule has 0 spiro atoms. The molecule has 2 aliphatic carbocycles. The number of ether oxygens (including phenoxy) is 1. The zero-order valence-electron chi connectivity index (χ0n) is 8.59. The highest BCUT2D eigenvalue weighted by Gasteiger charge is 2.43. The first-order valence-electron chi connectivity index (χ1n) is 5.61. The molecule has 0 radical (unpaired) electrons. The van der Waals surface area contributed by atoms with Crippen molar-refractivity contribution in [3.8, 4) is 0 Å². The molecule has 2 aliphatic rings. The van der Waals surface area contributed by atoms with Crippen LogP contribution in [0.15, 0.2) is 0 Å². The minimum atomic E-state index is 0.848. The molecule has 0 saturated heterocycles. The molecule has 0 aromatic rings. The highest BCUT2D eigenvalue weighted by atomic mass is 16.5. The van der Waals surface area contributed by atoms with E-state index in [1.807, 2.05) is 0 Å². The predicted molar refractivity (Wildman–Crippen MR) is 53.7 cm³/mol. The van der Waals surface area contributed by atoms with Crippen LogP contribution in [0.3, 0.4) is 0 Å². The SMILES string of the molecule is COCCNCC1CC1C1CCC1. The Morgan fingerprint density at radius 3 is 2.85 bits per heavy atom. The van der Waals surface area contributed by atoms with Gasteiger partial charge in [-0.2, -0.15) is 0 Å². The van der Waals surface area contributed by atoms with Gasteiger partial charge >= 0.3 is 0 Å². The Morgan fingerprint density at radius 2 is 2.23 bits per heavy atom. The highest BCUT2D eigenvalue weighted by Crippen LogP contribution is 2.51. The second kappa shape index (κ2) is 4.43. The minimum absolute atomic E-state index is 0.848. The van der Waals surface area contributed by atoms with Crippen LogP contribution in [0.5, 0.6) is 0 Å². The largest absolute Gasteiger partial charge is 0.383 e. The standard InChI is InChI=1S/C11H21NO/c1-13-6-5-12-8-10-7-11(10)9-3-2-4-9/h9-12H,2-8H2,1H3. The topological polar surface area (TPSA) is 21.3 Å². The first-order valence-corrected chi connectivity index (χ1v) is 5.61. The maximum absolute atomic E-state index is 4.99. The molecule has 0 aromatic carbocycles. The van der Waals surface area contributed by atoms with E-state index in [0.717, 1.165) is 30.9 Å². The normalized spacial score (nSPS) is 33.0. The number of hydrogen-bond donors (Lipinski definition) is 1. The number of rotatable bonds is 6. The van der Waals surface area contributed by atoms with Gasteiger partial charge in [0.15, 0.2) is 0 Å². The van der Waals surface area contributed by atoms with E-state index < -0.39 is 0 Å². The van der Waals surface area contributed by atoms with Gasteiger partial charge in [0.05, 0.1) is 6.61 Å². The number of methoxy groups -OCH3 is 1. The van der Waals surface area contributed by atoms with E-state index in [1.54, 1.807) is 7.11 Å². The van der Waals surface area contributed by atoms with Crippen LogP contribution in [0.1, 0.15) is 25.7 Å². The van der Waals surface area contributed by atoms with Crippen LogP contribution in [-0.2, 0) is 4.74 Å². The molecule has 0 aromatic heterocycles. The summed E-state index contributed by atoms with van der Waals surface area (Å²) in [6, 6.07) is 0. The lowest BCUT2D eigenvalue weighted by atomic mass is 9.81. The lowest BCUT2D eigenvalue weighted by Crippen LogP contribution is -2.23. The molecule has 2 fully saturated rings. The molecule has 2 saturated carbocycles. The molecule has 2 unspecified atom stereocenters. The zero-order chi connectivity index (χ0) is 9.10. The van der Waals surface area contributed by atoms with E-state index >= 15 is 0 Å². The van der Waals surface area contributed by atoms with E-state index in [1.165, 1.54) is 32.2 Å². The van der Waals surface area contributed by atoms with Crippen molar-refractivity contribution in [2.45, 2.75) is 25.7 Å². The lowest BCUT2D eigenvalue weighted by Gasteiger charge is -2.25. The van der Waals surface area contributed by atoms with Crippen LogP contribution in [0.2, 0.25) is 0 Å². The summed E-state index contributed by atoms with van der Waals surface area (Å²) in [6.45, 7) is 3.09. The Hall–Kier alpha value is -0.0800. The molecule has 2 atom stereocenters. The fourth-order valence-electron chi connectivity index (χ4n) is 2.41. The minimum Gasteiger partial charge on any atom is -0.383 e. The Labute approximate surface area is 81.0 Å². The van der Waals surface area contributed by atoms with Gasteiger partial charge in [-0.15, -0.1) is 0 Å². The van der Waals surface area contributed by atoms with E-state index in [9.17, 15) is 0 Å². The molecule has 13 heavy (non-hydrogen) atoms. The van der Waals surface area contributed by atoms with Crippen LogP contribution in [0, 0.1) is 17.8 Å². The first-order chi connectivity index (χ1) is 6.42. The third-order valence-electron chi connectivity index (χ3n) is 3.62. The summed E-state index contributed by atoms with van der Waals surface area (Å²) in [5.41, 5.74) is 0. The fourth-order valence-corrected chi connectivity index (χ4v) is 2.41. The summed E-state index contributed by atoms with van der Waals surface area (Å²) in [6.07, 6.45) is 6.01. The van der Waals surface area contributed by atoms with Gasteiger partial charge < -0.3 is 10.1 Å². The molecule has 2 heteroatoms. The Bertz CT molecular complexity index is 156. The van der Waals surface area contributed by atoms with Gasteiger partial charge in [-0.05, 0) is 30.7 Å². The molecule has 2 rings (SSSR count). The Morgan fingerprint density at radius 1 is 1.38 bits per heavy atom. The van der Waals surface area contributed by atoms with Gasteiger partial charge in [-0.1, -0.05) is 19.3 Å². The van der Waals surface area contributed by atoms with E-state index in [4.69, 9.17) is 4.74 Å². The summed E-state index contributed by atoms with van der Waals surface area (Å²) < 4.78 is 4.99. The summed E-state index contributed by atoms with van der Waals surface area (Å²) in [5.74, 6) is 3.19. The molecular weight excluding hydrogens is 162 g/mol. The van der Waals surface area contributed by atoms with Gasteiger partial charge in [0, 0.05) is 13.7 Å². The lowest BCUT2D eigenvalue weighted by molar-refractivity contribution is 0.198. The molecule has 2 nitrogen and oxygen atoms in total. The van der Waals surface area contributed by atoms with Gasteiger partial charge in [-0.3, -0.25) is 0 Å². The summed E-state index contributed by atoms with van der Waals surface area (Å²) in [5, 5.41) is 3.46. The van der Waals surface area contributed by atoms with Gasteiger partial charge in [0.2, 0.25) is 0 Å². The monoisotopic (exact) mass is 183 g/mol. The van der Waals surface area contributed by atoms with Gasteiger partial charge in [-0.25, -0.2) is 0 Å². The fraction of sp³-hybridized carbons (Fsp3) is 1.00.